The Morgan fingerprint density at radius 2 is 1.71 bits per heavy atom. The number of rotatable bonds is 6. The molecule has 0 aromatic heterocycles. The fourth-order valence-electron chi connectivity index (χ4n) is 3.18. The average Bonchev–Trinajstić information content (AvgIpc) is 2.65. The number of nitrogens with zero attached hydrogens (tertiary/aromatic N) is 1. The smallest absolute Gasteiger partial charge is 0.227 e. The normalized spacial score (nSPS) is 15.2. The third kappa shape index (κ3) is 6.82. The predicted molar refractivity (Wildman–Crippen MR) is 111 cm³/mol. The van der Waals surface area contributed by atoms with E-state index in [1.165, 1.54) is 0 Å². The van der Waals surface area contributed by atoms with Crippen LogP contribution in [0.1, 0.15) is 46.5 Å². The van der Waals surface area contributed by atoms with Gasteiger partial charge in [0.15, 0.2) is 0 Å². The molecule has 0 aliphatic carbocycles. The van der Waals surface area contributed by atoms with E-state index in [1.54, 1.807) is 24.3 Å². The Morgan fingerprint density at radius 3 is 2.29 bits per heavy atom. The van der Waals surface area contributed by atoms with E-state index in [2.05, 4.69) is 10.6 Å². The zero-order valence-electron chi connectivity index (χ0n) is 16.9. The van der Waals surface area contributed by atoms with Crippen LogP contribution in [0.5, 0.6) is 0 Å². The first kappa shape index (κ1) is 22.2. The van der Waals surface area contributed by atoms with Gasteiger partial charge in [0.2, 0.25) is 17.7 Å². The van der Waals surface area contributed by atoms with Crippen molar-refractivity contribution < 1.29 is 14.4 Å². The van der Waals surface area contributed by atoms with Gasteiger partial charge in [-0.05, 0) is 43.5 Å². The van der Waals surface area contributed by atoms with Gasteiger partial charge in [0, 0.05) is 48.1 Å². The van der Waals surface area contributed by atoms with Gasteiger partial charge in [-0.3, -0.25) is 14.4 Å². The van der Waals surface area contributed by atoms with E-state index < -0.39 is 0 Å². The van der Waals surface area contributed by atoms with Crippen molar-refractivity contribution in [2.75, 3.05) is 25.0 Å². The van der Waals surface area contributed by atoms with Gasteiger partial charge in [-0.1, -0.05) is 32.4 Å². The minimum atomic E-state index is -0.387. The summed E-state index contributed by atoms with van der Waals surface area (Å²) in [6, 6.07) is 6.94. The van der Waals surface area contributed by atoms with E-state index in [0.29, 0.717) is 56.0 Å². The zero-order chi connectivity index (χ0) is 20.7. The molecule has 1 aliphatic heterocycles. The van der Waals surface area contributed by atoms with Gasteiger partial charge >= 0.3 is 0 Å². The molecule has 0 unspecified atom stereocenters. The van der Waals surface area contributed by atoms with Crippen molar-refractivity contribution >= 4 is 35.0 Å². The van der Waals surface area contributed by atoms with Gasteiger partial charge in [0.1, 0.15) is 0 Å². The van der Waals surface area contributed by atoms with Crippen LogP contribution in [-0.4, -0.2) is 42.3 Å². The fourth-order valence-corrected chi connectivity index (χ4v) is 3.31. The van der Waals surface area contributed by atoms with E-state index in [-0.39, 0.29) is 29.1 Å². The molecule has 7 heteroatoms. The van der Waals surface area contributed by atoms with Crippen LogP contribution in [0.15, 0.2) is 24.3 Å². The van der Waals surface area contributed by atoms with E-state index >= 15 is 0 Å². The van der Waals surface area contributed by atoms with Crippen LogP contribution in [0.2, 0.25) is 5.02 Å². The van der Waals surface area contributed by atoms with E-state index in [4.69, 9.17) is 11.6 Å². The van der Waals surface area contributed by atoms with E-state index in [9.17, 15) is 14.4 Å². The molecule has 2 rings (SSSR count). The number of anilines is 1. The van der Waals surface area contributed by atoms with Crippen molar-refractivity contribution in [1.82, 2.24) is 10.2 Å². The summed E-state index contributed by atoms with van der Waals surface area (Å²) in [7, 11) is 0. The second-order valence-corrected chi connectivity index (χ2v) is 8.70. The first-order chi connectivity index (χ1) is 13.2. The van der Waals surface area contributed by atoms with Crippen LogP contribution in [0.3, 0.4) is 0 Å². The lowest BCUT2D eigenvalue weighted by Crippen LogP contribution is -2.46. The number of likely N-dealkylation sites (tertiary alicyclic amines) is 1. The van der Waals surface area contributed by atoms with Crippen LogP contribution in [-0.2, 0) is 14.4 Å². The molecule has 1 fully saturated rings. The SMILES string of the molecule is CC(C)(C)C(=O)N1CCC(C(=O)NCCCC(=O)Nc2ccc(Cl)cc2)CC1. The fraction of sp³-hybridized carbons (Fsp3) is 0.571. The highest BCUT2D eigenvalue weighted by Crippen LogP contribution is 2.23. The highest BCUT2D eigenvalue weighted by atomic mass is 35.5. The quantitative estimate of drug-likeness (QED) is 0.709. The second kappa shape index (κ2) is 9.92. The molecule has 1 aromatic carbocycles. The molecule has 0 saturated carbocycles. The summed E-state index contributed by atoms with van der Waals surface area (Å²) in [5, 5.41) is 6.33. The molecular weight excluding hydrogens is 378 g/mol. The maximum absolute atomic E-state index is 12.3. The molecule has 6 nitrogen and oxygen atoms in total. The summed E-state index contributed by atoms with van der Waals surface area (Å²) in [5.74, 6) is -0.00323. The summed E-state index contributed by atoms with van der Waals surface area (Å²) in [6.07, 6.45) is 2.28. The molecule has 2 N–H and O–H groups in total. The number of hydrogen-bond acceptors (Lipinski definition) is 3. The lowest BCUT2D eigenvalue weighted by molar-refractivity contribution is -0.142. The van der Waals surface area contributed by atoms with Crippen molar-refractivity contribution in [3.05, 3.63) is 29.3 Å². The number of amides is 3. The third-order valence-electron chi connectivity index (χ3n) is 4.80. The molecule has 0 atom stereocenters. The molecule has 1 aliphatic rings. The minimum Gasteiger partial charge on any atom is -0.356 e. The molecule has 1 heterocycles. The van der Waals surface area contributed by atoms with E-state index in [1.807, 2.05) is 25.7 Å². The Hall–Kier alpha value is -2.08. The van der Waals surface area contributed by atoms with Crippen LogP contribution in [0.4, 0.5) is 5.69 Å². The molecule has 3 amide bonds. The number of nitrogens with one attached hydrogen (secondary N) is 2. The molecule has 0 bridgehead atoms. The Bertz CT molecular complexity index is 690. The highest BCUT2D eigenvalue weighted by molar-refractivity contribution is 6.30. The van der Waals surface area contributed by atoms with Crippen molar-refractivity contribution in [2.24, 2.45) is 11.3 Å². The molecule has 28 heavy (non-hydrogen) atoms. The average molecular weight is 408 g/mol. The Kier molecular flexibility index (Phi) is 7.87. The van der Waals surface area contributed by atoms with Crippen LogP contribution < -0.4 is 10.6 Å². The third-order valence-corrected chi connectivity index (χ3v) is 5.05. The number of piperidine rings is 1. The molecule has 0 spiro atoms. The summed E-state index contributed by atoms with van der Waals surface area (Å²) < 4.78 is 0. The largest absolute Gasteiger partial charge is 0.356 e. The van der Waals surface area contributed by atoms with Gasteiger partial charge in [-0.15, -0.1) is 0 Å². The molecular formula is C21H30ClN3O3. The number of benzene rings is 1. The van der Waals surface area contributed by atoms with Gasteiger partial charge in [0.25, 0.3) is 0 Å². The molecule has 1 saturated heterocycles. The van der Waals surface area contributed by atoms with Gasteiger partial charge in [-0.25, -0.2) is 0 Å². The molecule has 1 aromatic rings. The first-order valence-electron chi connectivity index (χ1n) is 9.79. The zero-order valence-corrected chi connectivity index (χ0v) is 17.6. The van der Waals surface area contributed by atoms with Crippen molar-refractivity contribution in [1.29, 1.82) is 0 Å². The predicted octanol–water partition coefficient (Wildman–Crippen LogP) is 3.46. The summed E-state index contributed by atoms with van der Waals surface area (Å²) in [4.78, 5) is 38.4. The number of carbonyl (C=O) groups excluding carboxylic acids is 3. The van der Waals surface area contributed by atoms with Crippen LogP contribution in [0, 0.1) is 11.3 Å². The van der Waals surface area contributed by atoms with Crippen molar-refractivity contribution in [2.45, 2.75) is 46.5 Å². The Balaban J connectivity index is 1.63. The number of halogens is 1. The lowest BCUT2D eigenvalue weighted by atomic mass is 9.90. The van der Waals surface area contributed by atoms with Crippen LogP contribution >= 0.6 is 11.6 Å². The minimum absolute atomic E-state index is 0.0148. The van der Waals surface area contributed by atoms with E-state index in [0.717, 1.165) is 0 Å². The maximum Gasteiger partial charge on any atom is 0.227 e. The van der Waals surface area contributed by atoms with Crippen molar-refractivity contribution in [3.8, 4) is 0 Å². The monoisotopic (exact) mass is 407 g/mol. The Morgan fingerprint density at radius 1 is 1.11 bits per heavy atom. The summed E-state index contributed by atoms with van der Waals surface area (Å²) >= 11 is 5.82. The highest BCUT2D eigenvalue weighted by Gasteiger charge is 2.32. The first-order valence-corrected chi connectivity index (χ1v) is 10.2. The number of carbonyl (C=O) groups is 3. The van der Waals surface area contributed by atoms with Gasteiger partial charge < -0.3 is 15.5 Å². The Labute approximate surface area is 172 Å². The van der Waals surface area contributed by atoms with Crippen molar-refractivity contribution in [3.63, 3.8) is 0 Å². The maximum atomic E-state index is 12.3. The topological polar surface area (TPSA) is 78.5 Å². The summed E-state index contributed by atoms with van der Waals surface area (Å²) in [5.41, 5.74) is 0.316. The lowest BCUT2D eigenvalue weighted by Gasteiger charge is -2.35. The number of hydrogen-bond donors (Lipinski definition) is 2. The molecule has 0 radical (unpaired) electrons. The van der Waals surface area contributed by atoms with Gasteiger partial charge in [0.05, 0.1) is 0 Å². The van der Waals surface area contributed by atoms with Gasteiger partial charge in [-0.2, -0.15) is 0 Å². The summed E-state index contributed by atoms with van der Waals surface area (Å²) in [6.45, 7) is 7.45. The second-order valence-electron chi connectivity index (χ2n) is 8.27. The molecule has 154 valence electrons. The standard InChI is InChI=1S/C21H30ClN3O3/c1-21(2,3)20(28)25-13-10-15(11-14-25)19(27)23-12-4-5-18(26)24-17-8-6-16(22)7-9-17/h6-9,15H,4-5,10-14H2,1-3H3,(H,23,27)(H,24,26). The van der Waals surface area contributed by atoms with Crippen LogP contribution in [0.25, 0.3) is 0 Å².